The number of aryl methyl sites for hydroxylation is 1. The number of amides is 1. The predicted octanol–water partition coefficient (Wildman–Crippen LogP) is 5.78. The Labute approximate surface area is 186 Å². The number of nitro benzene ring substituents is 1. The van der Waals surface area contributed by atoms with Gasteiger partial charge in [0.2, 0.25) is 0 Å². The molecule has 0 unspecified atom stereocenters. The zero-order chi connectivity index (χ0) is 23.5. The van der Waals surface area contributed by atoms with Gasteiger partial charge in [-0.05, 0) is 56.5 Å². The van der Waals surface area contributed by atoms with Crippen LogP contribution in [0.25, 0.3) is 11.1 Å². The van der Waals surface area contributed by atoms with Crippen LogP contribution in [-0.2, 0) is 4.74 Å². The summed E-state index contributed by atoms with van der Waals surface area (Å²) >= 11 is 0. The second-order valence-electron chi connectivity index (χ2n) is 8.34. The lowest BCUT2D eigenvalue weighted by Crippen LogP contribution is -2.25. The van der Waals surface area contributed by atoms with Crippen molar-refractivity contribution < 1.29 is 19.2 Å². The van der Waals surface area contributed by atoms with Crippen LogP contribution in [0.2, 0.25) is 0 Å². The van der Waals surface area contributed by atoms with Crippen LogP contribution in [0.3, 0.4) is 0 Å². The van der Waals surface area contributed by atoms with Crippen LogP contribution < -0.4 is 5.32 Å². The fraction of sp³-hybridized carbons (Fsp3) is 0.200. The number of carbonyl (C=O) groups is 2. The Balaban J connectivity index is 2.04. The number of ether oxygens (including phenoxy) is 1. The summed E-state index contributed by atoms with van der Waals surface area (Å²) in [5.41, 5.74) is 1.98. The van der Waals surface area contributed by atoms with Crippen molar-refractivity contribution >= 4 is 23.3 Å². The third kappa shape index (κ3) is 5.37. The summed E-state index contributed by atoms with van der Waals surface area (Å²) in [6, 6.07) is 18.7. The van der Waals surface area contributed by atoms with E-state index < -0.39 is 22.4 Å². The van der Waals surface area contributed by atoms with Crippen molar-refractivity contribution in [2.75, 3.05) is 5.32 Å². The monoisotopic (exact) mass is 432 g/mol. The molecule has 0 fully saturated rings. The Bertz CT molecular complexity index is 1180. The molecule has 0 heterocycles. The maximum atomic E-state index is 13.0. The number of nitrogens with zero attached hydrogens (tertiary/aromatic N) is 1. The molecule has 3 aromatic rings. The van der Waals surface area contributed by atoms with Gasteiger partial charge < -0.3 is 10.1 Å². The number of rotatable bonds is 5. The van der Waals surface area contributed by atoms with E-state index in [-0.39, 0.29) is 22.5 Å². The minimum atomic E-state index is -0.715. The van der Waals surface area contributed by atoms with Crippen LogP contribution in [0.1, 0.15) is 47.1 Å². The Kier molecular flexibility index (Phi) is 6.39. The maximum absolute atomic E-state index is 13.0. The van der Waals surface area contributed by atoms with Gasteiger partial charge in [0.05, 0.1) is 16.2 Å². The van der Waals surface area contributed by atoms with Crippen LogP contribution in [-0.4, -0.2) is 22.4 Å². The molecule has 0 saturated heterocycles. The zero-order valence-electron chi connectivity index (χ0n) is 18.3. The van der Waals surface area contributed by atoms with Gasteiger partial charge in [-0.15, -0.1) is 0 Å². The number of hydrogen-bond acceptors (Lipinski definition) is 5. The smallest absolute Gasteiger partial charge is 0.340 e. The lowest BCUT2D eigenvalue weighted by atomic mass is 10.0. The van der Waals surface area contributed by atoms with E-state index in [4.69, 9.17) is 4.74 Å². The molecule has 3 rings (SSSR count). The average molecular weight is 432 g/mol. The highest BCUT2D eigenvalue weighted by Crippen LogP contribution is 2.28. The third-order valence-corrected chi connectivity index (χ3v) is 4.67. The molecule has 0 radical (unpaired) electrons. The Hall–Kier alpha value is -4.00. The number of anilines is 1. The van der Waals surface area contributed by atoms with Crippen molar-refractivity contribution in [2.45, 2.75) is 33.3 Å². The number of non-ortho nitro benzene ring substituents is 1. The van der Waals surface area contributed by atoms with Gasteiger partial charge in [0.25, 0.3) is 11.6 Å². The van der Waals surface area contributed by atoms with E-state index in [9.17, 15) is 19.7 Å². The molecule has 0 aliphatic rings. The average Bonchev–Trinajstić information content (AvgIpc) is 2.73. The van der Waals surface area contributed by atoms with E-state index in [2.05, 4.69) is 5.32 Å². The summed E-state index contributed by atoms with van der Waals surface area (Å²) < 4.78 is 5.49. The molecule has 0 spiro atoms. The molecule has 0 atom stereocenters. The van der Waals surface area contributed by atoms with Crippen LogP contribution in [0.15, 0.2) is 66.7 Å². The van der Waals surface area contributed by atoms with E-state index in [0.717, 1.165) is 11.1 Å². The molecule has 1 amide bonds. The van der Waals surface area contributed by atoms with Crippen LogP contribution in [0.4, 0.5) is 11.4 Å². The highest BCUT2D eigenvalue weighted by molar-refractivity contribution is 6.09. The van der Waals surface area contributed by atoms with E-state index >= 15 is 0 Å². The first-order valence-electron chi connectivity index (χ1n) is 10.0. The molecule has 7 heteroatoms. The first-order valence-corrected chi connectivity index (χ1v) is 10.0. The lowest BCUT2D eigenvalue weighted by Gasteiger charge is -2.21. The largest absolute Gasteiger partial charge is 0.456 e. The fourth-order valence-electron chi connectivity index (χ4n) is 3.13. The number of benzene rings is 3. The van der Waals surface area contributed by atoms with Gasteiger partial charge in [-0.3, -0.25) is 14.9 Å². The van der Waals surface area contributed by atoms with Gasteiger partial charge in [-0.25, -0.2) is 4.79 Å². The minimum absolute atomic E-state index is 0.152. The lowest BCUT2D eigenvalue weighted by molar-refractivity contribution is -0.384. The molecular formula is C25H24N2O5. The second kappa shape index (κ2) is 9.01. The summed E-state index contributed by atoms with van der Waals surface area (Å²) in [4.78, 5) is 36.4. The van der Waals surface area contributed by atoms with Gasteiger partial charge >= 0.3 is 5.97 Å². The second-order valence-corrected chi connectivity index (χ2v) is 8.34. The van der Waals surface area contributed by atoms with E-state index in [0.29, 0.717) is 5.56 Å². The van der Waals surface area contributed by atoms with Crippen LogP contribution >= 0.6 is 0 Å². The molecule has 1 N–H and O–H groups in total. The fourth-order valence-corrected chi connectivity index (χ4v) is 3.13. The summed E-state index contributed by atoms with van der Waals surface area (Å²) in [6.45, 7) is 6.96. The number of nitro groups is 1. The first-order chi connectivity index (χ1) is 15.0. The molecule has 164 valence electrons. The van der Waals surface area contributed by atoms with Crippen LogP contribution in [0.5, 0.6) is 0 Å². The van der Waals surface area contributed by atoms with Crippen molar-refractivity contribution in [2.24, 2.45) is 0 Å². The minimum Gasteiger partial charge on any atom is -0.456 e. The molecule has 32 heavy (non-hydrogen) atoms. The summed E-state index contributed by atoms with van der Waals surface area (Å²) in [6.07, 6.45) is 0. The van der Waals surface area contributed by atoms with Gasteiger partial charge in [0, 0.05) is 17.7 Å². The number of carbonyl (C=O) groups excluding carboxylic acids is 2. The molecule has 7 nitrogen and oxygen atoms in total. The molecular weight excluding hydrogens is 408 g/mol. The summed E-state index contributed by atoms with van der Waals surface area (Å²) in [7, 11) is 0. The van der Waals surface area contributed by atoms with Gasteiger partial charge in [-0.2, -0.15) is 0 Å². The van der Waals surface area contributed by atoms with Crippen molar-refractivity contribution in [3.05, 3.63) is 93.5 Å². The highest BCUT2D eigenvalue weighted by atomic mass is 16.6. The zero-order valence-corrected chi connectivity index (χ0v) is 18.3. The molecule has 0 bridgehead atoms. The SMILES string of the molecule is Cc1ccc([N+](=O)[O-])cc1C(=O)Nc1cc(-c2ccccc2)ccc1C(=O)OC(C)(C)C. The summed E-state index contributed by atoms with van der Waals surface area (Å²) in [5.74, 6) is -1.13. The predicted molar refractivity (Wildman–Crippen MR) is 123 cm³/mol. The topological polar surface area (TPSA) is 98.5 Å². The van der Waals surface area contributed by atoms with E-state index in [1.807, 2.05) is 30.3 Å². The van der Waals surface area contributed by atoms with E-state index in [1.54, 1.807) is 45.9 Å². The highest BCUT2D eigenvalue weighted by Gasteiger charge is 2.23. The Morgan fingerprint density at radius 3 is 2.22 bits per heavy atom. The molecule has 0 aliphatic carbocycles. The molecule has 0 aliphatic heterocycles. The summed E-state index contributed by atoms with van der Waals surface area (Å²) in [5, 5.41) is 13.9. The number of nitrogens with one attached hydrogen (secondary N) is 1. The van der Waals surface area contributed by atoms with Gasteiger partial charge in [0.15, 0.2) is 0 Å². The molecule has 3 aromatic carbocycles. The maximum Gasteiger partial charge on any atom is 0.340 e. The normalized spacial score (nSPS) is 11.0. The van der Waals surface area contributed by atoms with Gasteiger partial charge in [-0.1, -0.05) is 42.5 Å². The van der Waals surface area contributed by atoms with Crippen molar-refractivity contribution in [1.29, 1.82) is 0 Å². The third-order valence-electron chi connectivity index (χ3n) is 4.67. The molecule has 0 aromatic heterocycles. The Morgan fingerprint density at radius 1 is 0.906 bits per heavy atom. The van der Waals surface area contributed by atoms with Crippen molar-refractivity contribution in [1.82, 2.24) is 0 Å². The van der Waals surface area contributed by atoms with Crippen molar-refractivity contribution in [3.63, 3.8) is 0 Å². The number of esters is 1. The van der Waals surface area contributed by atoms with Gasteiger partial charge in [0.1, 0.15) is 5.60 Å². The van der Waals surface area contributed by atoms with E-state index in [1.165, 1.54) is 18.2 Å². The number of hydrogen-bond donors (Lipinski definition) is 1. The standard InChI is InChI=1S/C25H24N2O5/c1-16-10-12-19(27(30)31)15-21(16)23(28)26-22-14-18(17-8-6-5-7-9-17)11-13-20(22)24(29)32-25(2,3)4/h5-15H,1-4H3,(H,26,28). The Morgan fingerprint density at radius 2 is 1.59 bits per heavy atom. The van der Waals surface area contributed by atoms with Crippen molar-refractivity contribution in [3.8, 4) is 11.1 Å². The quantitative estimate of drug-likeness (QED) is 0.313. The van der Waals surface area contributed by atoms with Crippen LogP contribution in [0, 0.1) is 17.0 Å². The first kappa shape index (κ1) is 22.7. The molecule has 0 saturated carbocycles.